The number of para-hydroxylation sites is 1. The van der Waals surface area contributed by atoms with Crippen molar-refractivity contribution in [3.63, 3.8) is 0 Å². The Morgan fingerprint density at radius 2 is 1.73 bits per heavy atom. The molecule has 0 amide bonds. The Labute approximate surface area is 160 Å². The smallest absolute Gasteiger partial charge is 0.191 e. The highest BCUT2D eigenvalue weighted by molar-refractivity contribution is 6.30. The molecule has 0 saturated carbocycles. The van der Waals surface area contributed by atoms with E-state index in [0.717, 1.165) is 42.8 Å². The van der Waals surface area contributed by atoms with Gasteiger partial charge in [0, 0.05) is 43.9 Å². The number of morpholine rings is 1. The van der Waals surface area contributed by atoms with Crippen LogP contribution in [0.25, 0.3) is 0 Å². The van der Waals surface area contributed by atoms with Gasteiger partial charge >= 0.3 is 0 Å². The summed E-state index contributed by atoms with van der Waals surface area (Å²) in [6.07, 6.45) is 0. The van der Waals surface area contributed by atoms with E-state index in [2.05, 4.69) is 44.8 Å². The highest BCUT2D eigenvalue weighted by atomic mass is 35.5. The summed E-state index contributed by atoms with van der Waals surface area (Å²) in [6.45, 7) is 4.84. The fourth-order valence-corrected chi connectivity index (χ4v) is 3.09. The van der Waals surface area contributed by atoms with Crippen molar-refractivity contribution in [3.05, 3.63) is 64.7 Å². The number of nitrogens with one attached hydrogen (secondary N) is 2. The lowest BCUT2D eigenvalue weighted by Gasteiger charge is -2.30. The van der Waals surface area contributed by atoms with Gasteiger partial charge < -0.3 is 20.3 Å². The van der Waals surface area contributed by atoms with Crippen molar-refractivity contribution < 1.29 is 4.74 Å². The molecule has 6 heteroatoms. The molecule has 5 nitrogen and oxygen atoms in total. The van der Waals surface area contributed by atoms with Crippen molar-refractivity contribution in [2.45, 2.75) is 13.1 Å². The molecule has 1 aliphatic rings. The van der Waals surface area contributed by atoms with Crippen LogP contribution in [0.15, 0.2) is 53.5 Å². The van der Waals surface area contributed by atoms with E-state index in [1.54, 1.807) is 7.05 Å². The van der Waals surface area contributed by atoms with Crippen molar-refractivity contribution in [1.29, 1.82) is 0 Å². The third-order valence-corrected chi connectivity index (χ3v) is 4.64. The molecule has 1 aliphatic heterocycles. The van der Waals surface area contributed by atoms with Gasteiger partial charge in [-0.1, -0.05) is 41.9 Å². The number of rotatable bonds is 5. The lowest BCUT2D eigenvalue weighted by atomic mass is 10.1. The van der Waals surface area contributed by atoms with Gasteiger partial charge in [0.15, 0.2) is 5.96 Å². The molecule has 1 heterocycles. The number of aliphatic imine (C=N–C) groups is 1. The molecule has 0 radical (unpaired) electrons. The SMILES string of the molecule is CN=C(NCc1ccc(Cl)cc1)NCc1ccccc1N1CCOCC1. The van der Waals surface area contributed by atoms with Crippen LogP contribution in [0.2, 0.25) is 5.02 Å². The summed E-state index contributed by atoms with van der Waals surface area (Å²) in [4.78, 5) is 6.69. The highest BCUT2D eigenvalue weighted by Gasteiger charge is 2.14. The van der Waals surface area contributed by atoms with Gasteiger partial charge in [-0.15, -0.1) is 0 Å². The fraction of sp³-hybridized carbons (Fsp3) is 0.350. The van der Waals surface area contributed by atoms with Gasteiger partial charge in [-0.3, -0.25) is 4.99 Å². The number of anilines is 1. The van der Waals surface area contributed by atoms with E-state index in [1.807, 2.05) is 24.3 Å². The number of hydrogen-bond acceptors (Lipinski definition) is 3. The maximum Gasteiger partial charge on any atom is 0.191 e. The summed E-state index contributed by atoms with van der Waals surface area (Å²) in [5, 5.41) is 7.48. The molecule has 138 valence electrons. The monoisotopic (exact) mass is 372 g/mol. The zero-order valence-corrected chi connectivity index (χ0v) is 15.8. The lowest BCUT2D eigenvalue weighted by Crippen LogP contribution is -2.38. The normalized spacial score (nSPS) is 15.0. The molecule has 0 bridgehead atoms. The van der Waals surface area contributed by atoms with Gasteiger partial charge in [-0.05, 0) is 29.3 Å². The van der Waals surface area contributed by atoms with Gasteiger partial charge in [0.1, 0.15) is 0 Å². The van der Waals surface area contributed by atoms with Gasteiger partial charge in [-0.25, -0.2) is 0 Å². The Hall–Kier alpha value is -2.24. The second-order valence-electron chi connectivity index (χ2n) is 6.13. The maximum atomic E-state index is 5.93. The first kappa shape index (κ1) is 18.5. The molecule has 2 aromatic rings. The Morgan fingerprint density at radius 1 is 1.04 bits per heavy atom. The minimum Gasteiger partial charge on any atom is -0.378 e. The van der Waals surface area contributed by atoms with Gasteiger partial charge in [0.2, 0.25) is 0 Å². The lowest BCUT2D eigenvalue weighted by molar-refractivity contribution is 0.122. The standard InChI is InChI=1S/C20H25ClN4O/c1-22-20(23-14-16-6-8-18(21)9-7-16)24-15-17-4-2-3-5-19(17)25-10-12-26-13-11-25/h2-9H,10-15H2,1H3,(H2,22,23,24). The molecular weight excluding hydrogens is 348 g/mol. The maximum absolute atomic E-state index is 5.93. The van der Waals surface area contributed by atoms with Crippen molar-refractivity contribution in [3.8, 4) is 0 Å². The molecule has 0 unspecified atom stereocenters. The average Bonchev–Trinajstić information content (AvgIpc) is 2.70. The Kier molecular flexibility index (Phi) is 6.75. The predicted molar refractivity (Wildman–Crippen MR) is 108 cm³/mol. The van der Waals surface area contributed by atoms with E-state index in [4.69, 9.17) is 16.3 Å². The van der Waals surface area contributed by atoms with Crippen LogP contribution >= 0.6 is 11.6 Å². The fourth-order valence-electron chi connectivity index (χ4n) is 2.96. The van der Waals surface area contributed by atoms with Crippen molar-refractivity contribution >= 4 is 23.2 Å². The van der Waals surface area contributed by atoms with E-state index in [9.17, 15) is 0 Å². The minimum atomic E-state index is 0.696. The topological polar surface area (TPSA) is 48.9 Å². The van der Waals surface area contributed by atoms with Crippen molar-refractivity contribution in [2.75, 3.05) is 38.3 Å². The van der Waals surface area contributed by atoms with Gasteiger partial charge in [0.05, 0.1) is 13.2 Å². The summed E-state index contributed by atoms with van der Waals surface area (Å²) in [6, 6.07) is 16.3. The number of ether oxygens (including phenoxy) is 1. The number of guanidine groups is 1. The molecule has 0 aromatic heterocycles. The molecule has 1 saturated heterocycles. The largest absolute Gasteiger partial charge is 0.378 e. The summed E-state index contributed by atoms with van der Waals surface area (Å²) in [5.41, 5.74) is 3.67. The van der Waals surface area contributed by atoms with E-state index in [0.29, 0.717) is 13.1 Å². The average molecular weight is 373 g/mol. The second-order valence-corrected chi connectivity index (χ2v) is 6.57. The quantitative estimate of drug-likeness (QED) is 0.625. The van der Waals surface area contributed by atoms with Crippen LogP contribution in [0.4, 0.5) is 5.69 Å². The summed E-state index contributed by atoms with van der Waals surface area (Å²) in [7, 11) is 1.78. The van der Waals surface area contributed by atoms with Crippen LogP contribution in [0.1, 0.15) is 11.1 Å². The zero-order valence-electron chi connectivity index (χ0n) is 15.0. The third-order valence-electron chi connectivity index (χ3n) is 4.39. The summed E-state index contributed by atoms with van der Waals surface area (Å²) >= 11 is 5.93. The molecule has 0 atom stereocenters. The highest BCUT2D eigenvalue weighted by Crippen LogP contribution is 2.21. The van der Waals surface area contributed by atoms with E-state index in [-0.39, 0.29) is 0 Å². The molecule has 1 fully saturated rings. The van der Waals surface area contributed by atoms with Crippen molar-refractivity contribution in [1.82, 2.24) is 10.6 Å². The zero-order chi connectivity index (χ0) is 18.2. The Balaban J connectivity index is 1.57. The Bertz CT molecular complexity index is 727. The predicted octanol–water partition coefficient (Wildman–Crippen LogP) is 3.04. The van der Waals surface area contributed by atoms with Crippen LogP contribution in [0, 0.1) is 0 Å². The van der Waals surface area contributed by atoms with Crippen LogP contribution in [-0.2, 0) is 17.8 Å². The van der Waals surface area contributed by atoms with Gasteiger partial charge in [0.25, 0.3) is 0 Å². The molecule has 0 aliphatic carbocycles. The second kappa shape index (κ2) is 9.46. The first-order valence-electron chi connectivity index (χ1n) is 8.86. The van der Waals surface area contributed by atoms with Crippen LogP contribution in [-0.4, -0.2) is 39.3 Å². The molecular formula is C20H25ClN4O. The van der Waals surface area contributed by atoms with E-state index < -0.39 is 0 Å². The first-order valence-corrected chi connectivity index (χ1v) is 9.23. The molecule has 3 rings (SSSR count). The van der Waals surface area contributed by atoms with Crippen LogP contribution < -0.4 is 15.5 Å². The molecule has 26 heavy (non-hydrogen) atoms. The third kappa shape index (κ3) is 5.13. The van der Waals surface area contributed by atoms with E-state index >= 15 is 0 Å². The molecule has 2 N–H and O–H groups in total. The number of hydrogen-bond donors (Lipinski definition) is 2. The van der Waals surface area contributed by atoms with Crippen LogP contribution in [0.3, 0.4) is 0 Å². The van der Waals surface area contributed by atoms with Crippen LogP contribution in [0.5, 0.6) is 0 Å². The van der Waals surface area contributed by atoms with Crippen molar-refractivity contribution in [2.24, 2.45) is 4.99 Å². The molecule has 2 aromatic carbocycles. The first-order chi connectivity index (χ1) is 12.8. The minimum absolute atomic E-state index is 0.696. The van der Waals surface area contributed by atoms with E-state index in [1.165, 1.54) is 11.3 Å². The number of halogens is 1. The summed E-state index contributed by atoms with van der Waals surface area (Å²) in [5.74, 6) is 0.775. The molecule has 0 spiro atoms. The number of benzene rings is 2. The Morgan fingerprint density at radius 3 is 2.46 bits per heavy atom. The number of nitrogens with zero attached hydrogens (tertiary/aromatic N) is 2. The summed E-state index contributed by atoms with van der Waals surface area (Å²) < 4.78 is 5.46. The van der Waals surface area contributed by atoms with Gasteiger partial charge in [-0.2, -0.15) is 0 Å².